The van der Waals surface area contributed by atoms with Gasteiger partial charge in [0.15, 0.2) is 0 Å². The number of alkyl halides is 13. The van der Waals surface area contributed by atoms with Crippen LogP contribution in [-0.2, 0) is 0 Å². The van der Waals surface area contributed by atoms with Gasteiger partial charge in [0, 0.05) is 16.7 Å². The largest absolute Gasteiger partial charge is 0.460 e. The number of rotatable bonds is 15. The molecule has 0 bridgehead atoms. The van der Waals surface area contributed by atoms with Crippen LogP contribution in [0.5, 0.6) is 0 Å². The van der Waals surface area contributed by atoms with Crippen molar-refractivity contribution in [1.82, 2.24) is 0 Å². The van der Waals surface area contributed by atoms with Gasteiger partial charge in [-0.1, -0.05) is 57.4 Å². The summed E-state index contributed by atoms with van der Waals surface area (Å²) in [6, 6.07) is 1.16. The van der Waals surface area contributed by atoms with Crippen LogP contribution in [0.2, 0.25) is 6.04 Å². The fourth-order valence-corrected chi connectivity index (χ4v) is 3.29. The van der Waals surface area contributed by atoms with Crippen molar-refractivity contribution in [2.45, 2.75) is 106 Å². The summed E-state index contributed by atoms with van der Waals surface area (Å²) in [6.07, 6.45) is -5.01. The highest BCUT2D eigenvalue weighted by atomic mass is 28.1. The first kappa shape index (κ1) is 30.3. The number of halogens is 13. The zero-order valence-electron chi connectivity index (χ0n) is 16.7. The maximum Gasteiger partial charge on any atom is 0.460 e. The Bertz CT molecular complexity index is 529. The van der Waals surface area contributed by atoms with Gasteiger partial charge >= 0.3 is 35.8 Å². The van der Waals surface area contributed by atoms with E-state index in [1.165, 1.54) is 0 Å². The summed E-state index contributed by atoms with van der Waals surface area (Å²) in [7, 11) is 1.10. The molecule has 0 fully saturated rings. The number of hydrogen-bond donors (Lipinski definition) is 0. The van der Waals surface area contributed by atoms with E-state index in [2.05, 4.69) is 0 Å². The fraction of sp³-hybridized carbons (Fsp3) is 1.00. The second kappa shape index (κ2) is 11.0. The molecule has 31 heavy (non-hydrogen) atoms. The maximum atomic E-state index is 13.6. The summed E-state index contributed by atoms with van der Waals surface area (Å²) in [5.41, 5.74) is 0. The van der Waals surface area contributed by atoms with Crippen LogP contribution in [0.25, 0.3) is 0 Å². The monoisotopic (exact) mass is 504 g/mol. The van der Waals surface area contributed by atoms with Gasteiger partial charge in [-0.3, -0.25) is 0 Å². The lowest BCUT2D eigenvalue weighted by molar-refractivity contribution is -0.440. The van der Waals surface area contributed by atoms with E-state index < -0.39 is 48.6 Å². The van der Waals surface area contributed by atoms with Gasteiger partial charge in [0.05, 0.1) is 0 Å². The predicted molar refractivity (Wildman–Crippen MR) is 91.7 cm³/mol. The fourth-order valence-electron chi connectivity index (χ4n) is 2.79. The Kier molecular flexibility index (Phi) is 10.7. The van der Waals surface area contributed by atoms with Crippen LogP contribution in [0, 0.1) is 0 Å². The molecule has 0 aliphatic carbocycles. The molecule has 0 aromatic heterocycles. The topological polar surface area (TPSA) is 0 Å². The predicted octanol–water partition coefficient (Wildman–Crippen LogP) is 7.41. The van der Waals surface area contributed by atoms with Gasteiger partial charge < -0.3 is 0 Å². The molecule has 0 nitrogen and oxygen atoms in total. The SMILES string of the molecule is FC(F)(F)C(F)(F)C(F)(F)C(F)(F)C(F)(F)C(F)(F)CCCCCCCCCCC[SiH3]. The Labute approximate surface area is 174 Å². The van der Waals surface area contributed by atoms with E-state index in [4.69, 9.17) is 0 Å². The molecule has 0 amide bonds. The van der Waals surface area contributed by atoms with Crippen LogP contribution < -0.4 is 0 Å². The van der Waals surface area contributed by atoms with E-state index in [1.54, 1.807) is 0 Å². The molecule has 0 spiro atoms. The molecule has 0 radical (unpaired) electrons. The smallest absolute Gasteiger partial charge is 0.200 e. The Morgan fingerprint density at radius 2 is 0.710 bits per heavy atom. The van der Waals surface area contributed by atoms with Crippen molar-refractivity contribution in [3.8, 4) is 0 Å². The minimum Gasteiger partial charge on any atom is -0.200 e. The molecule has 0 atom stereocenters. The highest BCUT2D eigenvalue weighted by Crippen LogP contribution is 2.60. The van der Waals surface area contributed by atoms with E-state index in [0.29, 0.717) is 12.8 Å². The van der Waals surface area contributed by atoms with E-state index in [-0.39, 0.29) is 12.8 Å². The van der Waals surface area contributed by atoms with Crippen LogP contribution >= 0.6 is 0 Å². The average molecular weight is 504 g/mol. The molecule has 0 N–H and O–H groups in total. The highest BCUT2D eigenvalue weighted by Gasteiger charge is 2.90. The molecule has 0 saturated carbocycles. The van der Waals surface area contributed by atoms with Crippen LogP contribution in [-0.4, -0.2) is 46.0 Å². The quantitative estimate of drug-likeness (QED) is 0.124. The molecule has 0 saturated heterocycles. The zero-order chi connectivity index (χ0) is 24.8. The summed E-state index contributed by atoms with van der Waals surface area (Å²) in [6.45, 7) is 0. The summed E-state index contributed by atoms with van der Waals surface area (Å²) < 4.78 is 168. The summed E-state index contributed by atoms with van der Waals surface area (Å²) in [5, 5.41) is 0. The first-order valence-corrected chi connectivity index (χ1v) is 11.2. The zero-order valence-corrected chi connectivity index (χ0v) is 18.7. The Morgan fingerprint density at radius 1 is 0.387 bits per heavy atom. The molecule has 0 aromatic rings. The van der Waals surface area contributed by atoms with Crippen LogP contribution in [0.3, 0.4) is 0 Å². The van der Waals surface area contributed by atoms with Crippen molar-refractivity contribution >= 4 is 10.2 Å². The lowest BCUT2D eigenvalue weighted by Crippen LogP contribution is -2.70. The summed E-state index contributed by atoms with van der Waals surface area (Å²) in [5.74, 6) is -36.2. The van der Waals surface area contributed by atoms with Gasteiger partial charge in [0.2, 0.25) is 0 Å². The molecule has 0 rings (SSSR count). The van der Waals surface area contributed by atoms with Crippen molar-refractivity contribution in [2.75, 3.05) is 0 Å². The first-order valence-electron chi connectivity index (χ1n) is 9.77. The maximum absolute atomic E-state index is 13.6. The standard InChI is InChI=1S/C17H25F13Si/c18-12(19,10-8-6-4-2-1-3-5-7-9-11-31)13(20,21)14(22,23)15(24,25)16(26,27)17(28,29)30/h1-11H2,31H3. The lowest BCUT2D eigenvalue weighted by atomic mass is 9.91. The van der Waals surface area contributed by atoms with Crippen molar-refractivity contribution in [2.24, 2.45) is 0 Å². The van der Waals surface area contributed by atoms with Crippen molar-refractivity contribution in [3.63, 3.8) is 0 Å². The molecule has 188 valence electrons. The third-order valence-electron chi connectivity index (χ3n) is 4.84. The van der Waals surface area contributed by atoms with Crippen molar-refractivity contribution in [1.29, 1.82) is 0 Å². The van der Waals surface area contributed by atoms with E-state index in [0.717, 1.165) is 42.0 Å². The number of unbranched alkanes of at least 4 members (excludes halogenated alkanes) is 8. The van der Waals surface area contributed by atoms with E-state index in [9.17, 15) is 57.1 Å². The van der Waals surface area contributed by atoms with Crippen LogP contribution in [0.4, 0.5) is 57.1 Å². The molecule has 0 aliphatic rings. The van der Waals surface area contributed by atoms with Crippen molar-refractivity contribution in [3.05, 3.63) is 0 Å². The van der Waals surface area contributed by atoms with Crippen LogP contribution in [0.15, 0.2) is 0 Å². The Hall–Kier alpha value is -0.693. The van der Waals surface area contributed by atoms with Gasteiger partial charge in [-0.15, -0.1) is 0 Å². The molecular formula is C17H25F13Si. The number of hydrogen-bond acceptors (Lipinski definition) is 0. The minimum absolute atomic E-state index is 0.160. The molecule has 14 heteroatoms. The van der Waals surface area contributed by atoms with Crippen LogP contribution in [0.1, 0.15) is 64.2 Å². The van der Waals surface area contributed by atoms with E-state index >= 15 is 0 Å². The highest BCUT2D eigenvalue weighted by molar-refractivity contribution is 6.08. The lowest BCUT2D eigenvalue weighted by Gasteiger charge is -2.39. The second-order valence-electron chi connectivity index (χ2n) is 7.43. The van der Waals surface area contributed by atoms with Gasteiger partial charge in [0.1, 0.15) is 0 Å². The molecular weight excluding hydrogens is 479 g/mol. The Balaban J connectivity index is 4.95. The summed E-state index contributed by atoms with van der Waals surface area (Å²) in [4.78, 5) is 0. The molecule has 0 unspecified atom stereocenters. The second-order valence-corrected chi connectivity index (χ2v) is 8.43. The van der Waals surface area contributed by atoms with Gasteiger partial charge in [0.25, 0.3) is 0 Å². The molecule has 0 aliphatic heterocycles. The molecule has 0 aromatic carbocycles. The van der Waals surface area contributed by atoms with Gasteiger partial charge in [-0.2, -0.15) is 57.1 Å². The third kappa shape index (κ3) is 6.65. The van der Waals surface area contributed by atoms with E-state index in [1.807, 2.05) is 0 Å². The Morgan fingerprint density at radius 3 is 1.06 bits per heavy atom. The van der Waals surface area contributed by atoms with Gasteiger partial charge in [-0.25, -0.2) is 0 Å². The normalized spacial score (nSPS) is 15.0. The van der Waals surface area contributed by atoms with Crippen molar-refractivity contribution < 1.29 is 57.1 Å². The first-order chi connectivity index (χ1) is 13.8. The third-order valence-corrected chi connectivity index (χ3v) is 5.55. The van der Waals surface area contributed by atoms with Gasteiger partial charge in [-0.05, 0) is 6.42 Å². The molecule has 0 heterocycles. The summed E-state index contributed by atoms with van der Waals surface area (Å²) >= 11 is 0. The average Bonchev–Trinajstić information content (AvgIpc) is 2.61. The minimum atomic E-state index is -7.81.